The summed E-state index contributed by atoms with van der Waals surface area (Å²) >= 11 is 0. The van der Waals surface area contributed by atoms with Crippen molar-refractivity contribution in [3.05, 3.63) is 113 Å². The lowest BCUT2D eigenvalue weighted by Gasteiger charge is -2.30. The number of nitrogens with one attached hydrogen (secondary N) is 1. The van der Waals surface area contributed by atoms with Crippen LogP contribution in [0.3, 0.4) is 0 Å². The van der Waals surface area contributed by atoms with E-state index in [0.29, 0.717) is 19.4 Å². The van der Waals surface area contributed by atoms with Crippen molar-refractivity contribution in [1.82, 2.24) is 14.3 Å². The number of fused-ring (bicyclic) bond motifs is 1. The number of sulfonamides is 1. The molecule has 0 saturated carbocycles. The van der Waals surface area contributed by atoms with E-state index in [1.54, 1.807) is 18.2 Å². The summed E-state index contributed by atoms with van der Waals surface area (Å²) in [7, 11) is -1.76. The number of hydrogen-bond acceptors (Lipinski definition) is 4. The quantitative estimate of drug-likeness (QED) is 0.263. The number of benzene rings is 3. The minimum atomic E-state index is -3.71. The Balaban J connectivity index is 1.47. The first-order valence-corrected chi connectivity index (χ1v) is 15.6. The van der Waals surface area contributed by atoms with Crippen LogP contribution in [0.4, 0.5) is 5.69 Å². The average molecular weight is 571 g/mol. The van der Waals surface area contributed by atoms with Crippen LogP contribution in [0.25, 0.3) is 0 Å². The van der Waals surface area contributed by atoms with Crippen molar-refractivity contribution >= 4 is 21.6 Å². The molecule has 0 unspecified atom stereocenters. The van der Waals surface area contributed by atoms with Gasteiger partial charge in [-0.05, 0) is 85.5 Å². The zero-order chi connectivity index (χ0) is 29.1. The Labute approximate surface area is 243 Å². The van der Waals surface area contributed by atoms with Gasteiger partial charge >= 0.3 is 0 Å². The predicted molar refractivity (Wildman–Crippen MR) is 162 cm³/mol. The Bertz CT molecular complexity index is 1650. The summed E-state index contributed by atoms with van der Waals surface area (Å²) in [5.41, 5.74) is 5.74. The van der Waals surface area contributed by atoms with E-state index in [0.717, 1.165) is 52.3 Å². The van der Waals surface area contributed by atoms with Gasteiger partial charge < -0.3 is 9.47 Å². The van der Waals surface area contributed by atoms with Crippen molar-refractivity contribution in [2.45, 2.75) is 69.9 Å². The molecule has 0 bridgehead atoms. The largest absolute Gasteiger partial charge is 0.334 e. The number of carbonyl (C=O) groups excluding carboxylic acids is 1. The number of anilines is 1. The van der Waals surface area contributed by atoms with Crippen LogP contribution in [0.15, 0.2) is 83.9 Å². The lowest BCUT2D eigenvalue weighted by Crippen LogP contribution is -2.33. The number of aromatic nitrogens is 2. The molecule has 0 fully saturated rings. The molecule has 1 aliphatic rings. The van der Waals surface area contributed by atoms with Gasteiger partial charge in [0.2, 0.25) is 15.9 Å². The molecular weight excluding hydrogens is 532 g/mol. The van der Waals surface area contributed by atoms with E-state index in [-0.39, 0.29) is 22.8 Å². The van der Waals surface area contributed by atoms with Crippen LogP contribution in [0.1, 0.15) is 71.9 Å². The predicted octanol–water partition coefficient (Wildman–Crippen LogP) is 6.12. The number of imidazole rings is 1. The van der Waals surface area contributed by atoms with Gasteiger partial charge in [-0.3, -0.25) is 4.79 Å². The van der Waals surface area contributed by atoms with Gasteiger partial charge in [0.15, 0.2) is 0 Å². The molecule has 1 amide bonds. The molecule has 2 atom stereocenters. The molecular formula is C33H38N4O3S. The van der Waals surface area contributed by atoms with E-state index in [4.69, 9.17) is 0 Å². The molecule has 1 N–H and O–H groups in total. The van der Waals surface area contributed by atoms with Crippen molar-refractivity contribution in [3.8, 4) is 0 Å². The lowest BCUT2D eigenvalue weighted by atomic mass is 9.87. The van der Waals surface area contributed by atoms with Crippen molar-refractivity contribution in [1.29, 1.82) is 0 Å². The molecule has 5 rings (SSSR count). The van der Waals surface area contributed by atoms with E-state index in [9.17, 15) is 13.2 Å². The number of aryl methyl sites for hydroxylation is 3. The second-order valence-corrected chi connectivity index (χ2v) is 12.8. The van der Waals surface area contributed by atoms with Gasteiger partial charge in [-0.15, -0.1) is 0 Å². The van der Waals surface area contributed by atoms with Gasteiger partial charge in [-0.2, -0.15) is 0 Å². The van der Waals surface area contributed by atoms with E-state index in [1.807, 2.05) is 79.0 Å². The SMILES string of the molecule is Cc1cccc(S(=O)(=O)N[C@@H]2CCCc3ccc(N(Cc4cnc(C)n4C)C(=O)C[C@@H](C)c4ccccc4)cc32)c1. The maximum Gasteiger partial charge on any atom is 0.241 e. The fourth-order valence-corrected chi connectivity index (χ4v) is 6.92. The third-order valence-electron chi connectivity index (χ3n) is 8.14. The minimum Gasteiger partial charge on any atom is -0.334 e. The fourth-order valence-electron chi connectivity index (χ4n) is 5.57. The van der Waals surface area contributed by atoms with Crippen molar-refractivity contribution in [2.24, 2.45) is 7.05 Å². The first-order valence-electron chi connectivity index (χ1n) is 14.2. The van der Waals surface area contributed by atoms with Crippen LogP contribution in [0.5, 0.6) is 0 Å². The molecule has 0 radical (unpaired) electrons. The van der Waals surface area contributed by atoms with Gasteiger partial charge in [0.05, 0.1) is 23.3 Å². The highest BCUT2D eigenvalue weighted by Gasteiger charge is 2.28. The highest BCUT2D eigenvalue weighted by atomic mass is 32.2. The Morgan fingerprint density at radius 1 is 1.07 bits per heavy atom. The molecule has 1 aromatic heterocycles. The highest BCUT2D eigenvalue weighted by Crippen LogP contribution is 2.35. The van der Waals surface area contributed by atoms with Gasteiger partial charge in [-0.1, -0.05) is 55.5 Å². The first kappa shape index (κ1) is 28.8. The second-order valence-electron chi connectivity index (χ2n) is 11.1. The van der Waals surface area contributed by atoms with Crippen molar-refractivity contribution in [3.63, 3.8) is 0 Å². The summed E-state index contributed by atoms with van der Waals surface area (Å²) in [4.78, 5) is 20.4. The molecule has 8 heteroatoms. The summed E-state index contributed by atoms with van der Waals surface area (Å²) in [6, 6.07) is 22.7. The monoisotopic (exact) mass is 570 g/mol. The number of carbonyl (C=O) groups is 1. The van der Waals surface area contributed by atoms with E-state index >= 15 is 0 Å². The van der Waals surface area contributed by atoms with Crippen LogP contribution in [-0.4, -0.2) is 23.9 Å². The van der Waals surface area contributed by atoms with Crippen LogP contribution in [0, 0.1) is 13.8 Å². The normalized spacial score (nSPS) is 15.8. The summed E-state index contributed by atoms with van der Waals surface area (Å²) < 4.78 is 31.6. The maximum absolute atomic E-state index is 13.9. The smallest absolute Gasteiger partial charge is 0.241 e. The Morgan fingerprint density at radius 2 is 1.85 bits per heavy atom. The van der Waals surface area contributed by atoms with E-state index in [1.165, 1.54) is 0 Å². The zero-order valence-electron chi connectivity index (χ0n) is 24.2. The van der Waals surface area contributed by atoms with Crippen LogP contribution in [-0.2, 0) is 34.8 Å². The standard InChI is InChI=1S/C33H38N4O3S/c1-23-10-8-14-30(18-23)41(39,40)35-32-15-9-13-27-16-17-28(20-31(27)32)37(22-29-21-34-25(3)36(29)4)33(38)19-24(2)26-11-6-5-7-12-26/h5-8,10-12,14,16-18,20-21,24,32,35H,9,13,15,19,22H2,1-4H3/t24-,32-/m1/s1. The Morgan fingerprint density at radius 3 is 2.56 bits per heavy atom. The van der Waals surface area contributed by atoms with Crippen LogP contribution in [0.2, 0.25) is 0 Å². The van der Waals surface area contributed by atoms with Crippen LogP contribution < -0.4 is 9.62 Å². The third-order valence-corrected chi connectivity index (χ3v) is 9.61. The number of hydrogen-bond donors (Lipinski definition) is 1. The molecule has 4 aromatic rings. The summed E-state index contributed by atoms with van der Waals surface area (Å²) in [6.07, 6.45) is 4.62. The Kier molecular flexibility index (Phi) is 8.42. The fraction of sp³-hybridized carbons (Fsp3) is 0.333. The number of nitrogens with zero attached hydrogens (tertiary/aromatic N) is 3. The van der Waals surface area contributed by atoms with Crippen LogP contribution >= 0.6 is 0 Å². The van der Waals surface area contributed by atoms with Crippen molar-refractivity contribution in [2.75, 3.05) is 4.90 Å². The van der Waals surface area contributed by atoms with Gasteiger partial charge in [0.1, 0.15) is 5.82 Å². The van der Waals surface area contributed by atoms with E-state index in [2.05, 4.69) is 28.8 Å². The lowest BCUT2D eigenvalue weighted by molar-refractivity contribution is -0.119. The first-order chi connectivity index (χ1) is 19.6. The topological polar surface area (TPSA) is 84.3 Å². The zero-order valence-corrected chi connectivity index (χ0v) is 25.0. The number of amides is 1. The Hall–Kier alpha value is -3.75. The van der Waals surface area contributed by atoms with Gasteiger partial charge in [0.25, 0.3) is 0 Å². The minimum absolute atomic E-state index is 0.00728. The molecule has 1 aliphatic carbocycles. The molecule has 41 heavy (non-hydrogen) atoms. The summed E-state index contributed by atoms with van der Waals surface area (Å²) in [5, 5.41) is 0. The molecule has 3 aromatic carbocycles. The second kappa shape index (κ2) is 12.0. The summed E-state index contributed by atoms with van der Waals surface area (Å²) in [6.45, 7) is 6.27. The maximum atomic E-state index is 13.9. The van der Waals surface area contributed by atoms with Gasteiger partial charge in [-0.25, -0.2) is 18.1 Å². The molecule has 214 valence electrons. The molecule has 0 aliphatic heterocycles. The third kappa shape index (κ3) is 6.44. The summed E-state index contributed by atoms with van der Waals surface area (Å²) in [5.74, 6) is 0.931. The van der Waals surface area contributed by atoms with E-state index < -0.39 is 10.0 Å². The number of rotatable bonds is 9. The molecule has 0 saturated heterocycles. The molecule has 7 nitrogen and oxygen atoms in total. The average Bonchev–Trinajstić information content (AvgIpc) is 3.28. The highest BCUT2D eigenvalue weighted by molar-refractivity contribution is 7.89. The molecule has 0 spiro atoms. The molecule has 1 heterocycles. The van der Waals surface area contributed by atoms with Crippen molar-refractivity contribution < 1.29 is 13.2 Å². The van der Waals surface area contributed by atoms with Gasteiger partial charge in [0, 0.05) is 25.2 Å².